The Bertz CT molecular complexity index is 2130. The summed E-state index contributed by atoms with van der Waals surface area (Å²) in [7, 11) is -4.13. The van der Waals surface area contributed by atoms with E-state index in [2.05, 4.69) is 4.72 Å². The Morgan fingerprint density at radius 3 is 2.11 bits per heavy atom. The molecule has 1 N–H and O–H groups in total. The molecule has 5 aromatic carbocycles. The van der Waals surface area contributed by atoms with Crippen LogP contribution in [0.3, 0.4) is 0 Å². The fraction of sp³-hybridized carbons (Fsp3) is 0.128. The minimum absolute atomic E-state index is 0.0663. The quantitative estimate of drug-likeness (QED) is 0.183. The monoisotopic (exact) mass is 658 g/mol. The van der Waals surface area contributed by atoms with E-state index < -0.39 is 21.4 Å². The molecule has 2 aliphatic rings. The van der Waals surface area contributed by atoms with Crippen molar-refractivity contribution in [2.24, 2.45) is 0 Å². The zero-order chi connectivity index (χ0) is 32.8. The average Bonchev–Trinajstić information content (AvgIpc) is 3.51. The van der Waals surface area contributed by atoms with Gasteiger partial charge in [-0.15, -0.1) is 0 Å². The summed E-state index contributed by atoms with van der Waals surface area (Å²) in [6.45, 7) is 2.21. The molecule has 0 aromatic heterocycles. The predicted octanol–water partition coefficient (Wildman–Crippen LogP) is 7.58. The molecule has 1 amide bonds. The molecule has 5 aromatic rings. The number of nitrogens with one attached hydrogen (secondary N) is 1. The van der Waals surface area contributed by atoms with E-state index in [4.69, 9.17) is 11.6 Å². The van der Waals surface area contributed by atoms with Crippen molar-refractivity contribution in [1.29, 1.82) is 0 Å². The molecule has 8 heteroatoms. The van der Waals surface area contributed by atoms with Gasteiger partial charge in [-0.3, -0.25) is 14.3 Å². The van der Waals surface area contributed by atoms with Gasteiger partial charge < -0.3 is 4.90 Å². The van der Waals surface area contributed by atoms with Gasteiger partial charge in [-0.1, -0.05) is 120 Å². The molecule has 0 saturated heterocycles. The van der Waals surface area contributed by atoms with E-state index in [0.29, 0.717) is 22.7 Å². The molecule has 0 bridgehead atoms. The van der Waals surface area contributed by atoms with E-state index in [1.54, 1.807) is 53.4 Å². The van der Waals surface area contributed by atoms with Gasteiger partial charge in [0, 0.05) is 28.6 Å². The Balaban J connectivity index is 1.48. The molecule has 6 nitrogen and oxygen atoms in total. The van der Waals surface area contributed by atoms with Crippen molar-refractivity contribution >= 4 is 44.7 Å². The summed E-state index contributed by atoms with van der Waals surface area (Å²) < 4.78 is 30.7. The number of amides is 1. The van der Waals surface area contributed by atoms with Crippen LogP contribution in [-0.4, -0.2) is 20.1 Å². The maximum absolute atomic E-state index is 15.0. The van der Waals surface area contributed by atoms with Gasteiger partial charge >= 0.3 is 0 Å². The number of rotatable bonds is 7. The third kappa shape index (κ3) is 5.35. The number of hydrogen-bond acceptors (Lipinski definition) is 4. The fourth-order valence-electron chi connectivity index (χ4n) is 6.96. The molecule has 1 saturated carbocycles. The van der Waals surface area contributed by atoms with Crippen LogP contribution in [0.2, 0.25) is 5.02 Å². The second-order valence-electron chi connectivity index (χ2n) is 12.0. The van der Waals surface area contributed by atoms with E-state index in [-0.39, 0.29) is 34.3 Å². The Kier molecular flexibility index (Phi) is 7.82. The summed E-state index contributed by atoms with van der Waals surface area (Å²) in [5.74, 6) is -1.34. The maximum atomic E-state index is 15.0. The Hall–Kier alpha value is -4.98. The first-order valence-electron chi connectivity index (χ1n) is 15.3. The van der Waals surface area contributed by atoms with E-state index in [1.807, 2.05) is 79.7 Å². The lowest BCUT2D eigenvalue weighted by atomic mass is 9.69. The van der Waals surface area contributed by atoms with E-state index in [9.17, 15) is 13.2 Å². The SMILES string of the molecule is Cc1ccc(S(=O)(=O)N/C(=C2\C(=O)C[C@]3(C(=O)N(Cc4ccccc4)c4ccccc43)[C@@H]2c2ccc(Cl)cc2)c2ccccc2)cc1. The van der Waals surface area contributed by atoms with Crippen LogP contribution in [0.4, 0.5) is 5.69 Å². The van der Waals surface area contributed by atoms with Gasteiger partial charge in [-0.2, -0.15) is 0 Å². The maximum Gasteiger partial charge on any atom is 0.261 e. The number of aryl methyl sites for hydroxylation is 1. The first-order valence-corrected chi connectivity index (χ1v) is 17.2. The highest BCUT2D eigenvalue weighted by atomic mass is 35.5. The third-order valence-electron chi connectivity index (χ3n) is 9.11. The normalized spacial score (nSPS) is 20.0. The summed E-state index contributed by atoms with van der Waals surface area (Å²) in [5, 5.41) is 0.505. The number of Topliss-reactive ketones (excluding diaryl/α,β-unsaturated/α-hetero) is 1. The largest absolute Gasteiger partial charge is 0.307 e. The molecule has 7 rings (SSSR count). The minimum Gasteiger partial charge on any atom is -0.307 e. The first kappa shape index (κ1) is 30.7. The van der Waals surface area contributed by atoms with E-state index >= 15 is 4.79 Å². The summed E-state index contributed by atoms with van der Waals surface area (Å²) in [4.78, 5) is 31.4. The summed E-state index contributed by atoms with van der Waals surface area (Å²) in [6.07, 6.45) is -0.126. The molecule has 0 radical (unpaired) electrons. The van der Waals surface area contributed by atoms with Crippen molar-refractivity contribution in [2.45, 2.75) is 36.1 Å². The van der Waals surface area contributed by atoms with Crippen molar-refractivity contribution in [2.75, 3.05) is 4.90 Å². The van der Waals surface area contributed by atoms with Crippen LogP contribution in [-0.2, 0) is 31.6 Å². The van der Waals surface area contributed by atoms with Gasteiger partial charge in [-0.05, 0) is 59.5 Å². The predicted molar refractivity (Wildman–Crippen MR) is 184 cm³/mol. The van der Waals surface area contributed by atoms with Crippen LogP contribution in [0.5, 0.6) is 0 Å². The number of nitrogens with zero attached hydrogens (tertiary/aromatic N) is 1. The van der Waals surface area contributed by atoms with Crippen LogP contribution >= 0.6 is 11.6 Å². The number of hydrogen-bond donors (Lipinski definition) is 1. The van der Waals surface area contributed by atoms with Crippen molar-refractivity contribution in [3.63, 3.8) is 0 Å². The first-order chi connectivity index (χ1) is 22.7. The molecular formula is C39H31ClN2O4S. The molecule has 234 valence electrons. The fourth-order valence-corrected chi connectivity index (χ4v) is 8.19. The summed E-state index contributed by atoms with van der Waals surface area (Å²) in [6, 6.07) is 39.9. The number of carbonyl (C=O) groups excluding carboxylic acids is 2. The number of carbonyl (C=O) groups is 2. The molecule has 1 heterocycles. The second-order valence-corrected chi connectivity index (χ2v) is 14.1. The number of sulfonamides is 1. The number of para-hydroxylation sites is 1. The van der Waals surface area contributed by atoms with Gasteiger partial charge in [-0.25, -0.2) is 8.42 Å². The number of halogens is 1. The minimum atomic E-state index is -4.13. The summed E-state index contributed by atoms with van der Waals surface area (Å²) >= 11 is 6.34. The standard InChI is InChI=1S/C39H31ClN2O4S/c1-26-16-22-31(23-17-26)47(45,46)41-37(29-12-6-3-7-13-29)35-34(43)24-39(36(35)28-18-20-30(40)21-19-28)32-14-8-9-15-33(32)42(38(39)44)25-27-10-4-2-5-11-27/h2-23,36,41H,24-25H2,1H3/b37-35+/t36-,39-/m1/s1. The lowest BCUT2D eigenvalue weighted by molar-refractivity contribution is -0.125. The lowest BCUT2D eigenvalue weighted by Crippen LogP contribution is -2.42. The van der Waals surface area contributed by atoms with Crippen LogP contribution in [0.15, 0.2) is 144 Å². The van der Waals surface area contributed by atoms with Crippen LogP contribution in [0.25, 0.3) is 5.70 Å². The smallest absolute Gasteiger partial charge is 0.261 e. The molecule has 47 heavy (non-hydrogen) atoms. The van der Waals surface area contributed by atoms with E-state index in [0.717, 1.165) is 22.4 Å². The third-order valence-corrected chi connectivity index (χ3v) is 10.7. The molecule has 0 unspecified atom stereocenters. The van der Waals surface area contributed by atoms with Gasteiger partial charge in [0.15, 0.2) is 5.78 Å². The van der Waals surface area contributed by atoms with Gasteiger partial charge in [0.05, 0.1) is 22.6 Å². The summed E-state index contributed by atoms with van der Waals surface area (Å²) in [5.41, 5.74) is 3.60. The van der Waals surface area contributed by atoms with Crippen molar-refractivity contribution in [3.8, 4) is 0 Å². The lowest BCUT2D eigenvalue weighted by Gasteiger charge is -2.32. The van der Waals surface area contributed by atoms with Gasteiger partial charge in [0.2, 0.25) is 5.91 Å². The van der Waals surface area contributed by atoms with Gasteiger partial charge in [0.1, 0.15) is 0 Å². The Morgan fingerprint density at radius 2 is 1.43 bits per heavy atom. The van der Waals surface area contributed by atoms with Crippen LogP contribution in [0, 0.1) is 6.92 Å². The molecular weight excluding hydrogens is 628 g/mol. The number of allylic oxidation sites excluding steroid dienone is 1. The molecule has 2 atom stereocenters. The molecule has 1 aliphatic carbocycles. The highest BCUT2D eigenvalue weighted by Gasteiger charge is 2.63. The zero-order valence-electron chi connectivity index (χ0n) is 25.6. The molecule has 1 fully saturated rings. The van der Waals surface area contributed by atoms with Crippen molar-refractivity contribution in [3.05, 3.63) is 172 Å². The van der Waals surface area contributed by atoms with Crippen LogP contribution in [0.1, 0.15) is 40.2 Å². The highest BCUT2D eigenvalue weighted by Crippen LogP contribution is 2.60. The number of anilines is 1. The number of ketones is 1. The highest BCUT2D eigenvalue weighted by molar-refractivity contribution is 7.89. The van der Waals surface area contributed by atoms with Crippen molar-refractivity contribution in [1.82, 2.24) is 4.72 Å². The topological polar surface area (TPSA) is 83.5 Å². The number of fused-ring (bicyclic) bond motifs is 2. The number of benzene rings is 5. The average molecular weight is 659 g/mol. The Morgan fingerprint density at radius 1 is 0.809 bits per heavy atom. The molecule has 1 aliphatic heterocycles. The van der Waals surface area contributed by atoms with Crippen molar-refractivity contribution < 1.29 is 18.0 Å². The second kappa shape index (κ2) is 12.0. The Labute approximate surface area is 279 Å². The van der Waals surface area contributed by atoms with E-state index in [1.165, 1.54) is 12.1 Å². The molecule has 1 spiro atoms. The van der Waals surface area contributed by atoms with Crippen LogP contribution < -0.4 is 9.62 Å². The zero-order valence-corrected chi connectivity index (χ0v) is 27.1. The van der Waals surface area contributed by atoms with Gasteiger partial charge in [0.25, 0.3) is 10.0 Å².